The zero-order chi connectivity index (χ0) is 18.0. The maximum atomic E-state index is 14.1. The molecule has 0 aliphatic carbocycles. The summed E-state index contributed by atoms with van der Waals surface area (Å²) in [7, 11) is 0. The number of aryl methyl sites for hydroxylation is 1. The van der Waals surface area contributed by atoms with Crippen molar-refractivity contribution in [2.24, 2.45) is 5.41 Å². The van der Waals surface area contributed by atoms with Crippen molar-refractivity contribution in [3.8, 4) is 0 Å². The highest BCUT2D eigenvalue weighted by atomic mass is 19.1. The zero-order valence-corrected chi connectivity index (χ0v) is 15.3. The van der Waals surface area contributed by atoms with Crippen molar-refractivity contribution in [3.63, 3.8) is 0 Å². The molecule has 0 radical (unpaired) electrons. The van der Waals surface area contributed by atoms with E-state index in [2.05, 4.69) is 16.7 Å². The maximum absolute atomic E-state index is 14.1. The van der Waals surface area contributed by atoms with Crippen LogP contribution in [0.2, 0.25) is 0 Å². The molecule has 1 N–H and O–H groups in total. The molecule has 1 atom stereocenters. The molecule has 2 fully saturated rings. The molecule has 2 aliphatic rings. The second kappa shape index (κ2) is 7.42. The van der Waals surface area contributed by atoms with E-state index in [9.17, 15) is 14.3 Å². The van der Waals surface area contributed by atoms with E-state index in [-0.39, 0.29) is 17.3 Å². The minimum atomic E-state index is -0.686. The molecule has 0 aromatic heterocycles. The van der Waals surface area contributed by atoms with Crippen molar-refractivity contribution in [2.45, 2.75) is 52.1 Å². The van der Waals surface area contributed by atoms with Gasteiger partial charge in [0.25, 0.3) is 0 Å². The Morgan fingerprint density at radius 2 is 2.08 bits per heavy atom. The van der Waals surface area contributed by atoms with E-state index in [1.54, 1.807) is 6.07 Å². The Labute approximate surface area is 149 Å². The van der Waals surface area contributed by atoms with E-state index in [0.717, 1.165) is 63.0 Å². The number of carbonyl (C=O) groups is 1. The van der Waals surface area contributed by atoms with Crippen LogP contribution in [0, 0.1) is 18.2 Å². The van der Waals surface area contributed by atoms with Gasteiger partial charge in [-0.25, -0.2) is 4.39 Å². The molecule has 1 spiro atoms. The van der Waals surface area contributed by atoms with Gasteiger partial charge < -0.3 is 5.11 Å². The molecule has 0 bridgehead atoms. The van der Waals surface area contributed by atoms with Gasteiger partial charge in [0.2, 0.25) is 0 Å². The number of nitrogens with zero attached hydrogens (tertiary/aromatic N) is 2. The van der Waals surface area contributed by atoms with E-state index < -0.39 is 5.97 Å². The third kappa shape index (κ3) is 4.04. The van der Waals surface area contributed by atoms with Crippen LogP contribution in [0.25, 0.3) is 0 Å². The van der Waals surface area contributed by atoms with Gasteiger partial charge in [0.05, 0.1) is 0 Å². The molecule has 2 heterocycles. The maximum Gasteiger partial charge on any atom is 0.320 e. The molecule has 25 heavy (non-hydrogen) atoms. The summed E-state index contributed by atoms with van der Waals surface area (Å²) in [4.78, 5) is 16.0. The molecule has 3 rings (SSSR count). The summed E-state index contributed by atoms with van der Waals surface area (Å²) < 4.78 is 14.1. The Morgan fingerprint density at radius 3 is 2.68 bits per heavy atom. The van der Waals surface area contributed by atoms with Crippen molar-refractivity contribution in [1.82, 2.24) is 9.80 Å². The lowest BCUT2D eigenvalue weighted by Gasteiger charge is -2.39. The third-order valence-electron chi connectivity index (χ3n) is 5.92. The summed E-state index contributed by atoms with van der Waals surface area (Å²) in [5, 5.41) is 9.53. The van der Waals surface area contributed by atoms with E-state index in [1.165, 1.54) is 0 Å². The van der Waals surface area contributed by atoms with Gasteiger partial charge in [-0.2, -0.15) is 0 Å². The largest absolute Gasteiger partial charge is 0.480 e. The number of carboxylic acids is 1. The fourth-order valence-electron chi connectivity index (χ4n) is 4.48. The summed E-state index contributed by atoms with van der Waals surface area (Å²) in [6.45, 7) is 8.23. The smallest absolute Gasteiger partial charge is 0.320 e. The normalized spacial score (nSPS) is 24.0. The third-order valence-corrected chi connectivity index (χ3v) is 5.92. The van der Waals surface area contributed by atoms with Gasteiger partial charge >= 0.3 is 5.97 Å². The van der Waals surface area contributed by atoms with Gasteiger partial charge in [0, 0.05) is 18.7 Å². The average Bonchev–Trinajstić information content (AvgIpc) is 2.91. The van der Waals surface area contributed by atoms with Crippen molar-refractivity contribution in [3.05, 3.63) is 35.1 Å². The molecule has 1 aromatic rings. The predicted molar refractivity (Wildman–Crippen MR) is 96.0 cm³/mol. The number of hydrogen-bond acceptors (Lipinski definition) is 3. The van der Waals surface area contributed by atoms with Crippen LogP contribution in [0.5, 0.6) is 0 Å². The van der Waals surface area contributed by atoms with Gasteiger partial charge in [-0.3, -0.25) is 14.6 Å². The molecule has 2 aliphatic heterocycles. The molecular weight excluding hydrogens is 319 g/mol. The van der Waals surface area contributed by atoms with E-state index in [0.29, 0.717) is 6.54 Å². The number of likely N-dealkylation sites (tertiary alicyclic amines) is 2. The van der Waals surface area contributed by atoms with Crippen LogP contribution < -0.4 is 0 Å². The van der Waals surface area contributed by atoms with Gasteiger partial charge in [-0.15, -0.1) is 0 Å². The molecule has 0 amide bonds. The quantitative estimate of drug-likeness (QED) is 0.887. The molecule has 4 nitrogen and oxygen atoms in total. The number of carboxylic acid groups (broad SMARTS) is 1. The highest BCUT2D eigenvalue weighted by Crippen LogP contribution is 2.43. The minimum Gasteiger partial charge on any atom is -0.480 e. The van der Waals surface area contributed by atoms with Gasteiger partial charge in [0.1, 0.15) is 11.9 Å². The van der Waals surface area contributed by atoms with Crippen LogP contribution in [0.4, 0.5) is 4.39 Å². The molecular formula is C20H29FN2O2. The lowest BCUT2D eigenvalue weighted by atomic mass is 9.76. The SMILES string of the molecule is CCCN1CC2(CCN(Cc3ccc(C)cc3F)CC2)CC1C(=O)O. The zero-order valence-electron chi connectivity index (χ0n) is 15.3. The number of benzene rings is 1. The summed E-state index contributed by atoms with van der Waals surface area (Å²) in [5.41, 5.74) is 1.82. The standard InChI is InChI=1S/C20H29FN2O2/c1-3-8-23-14-20(12-18(23)19(24)25)6-9-22(10-7-20)13-16-5-4-15(2)11-17(16)21/h4-5,11,18H,3,6-10,12-14H2,1-2H3,(H,24,25). The van der Waals surface area contributed by atoms with Crippen LogP contribution in [-0.4, -0.2) is 53.1 Å². The lowest BCUT2D eigenvalue weighted by molar-refractivity contribution is -0.142. The molecule has 138 valence electrons. The molecule has 0 saturated carbocycles. The van der Waals surface area contributed by atoms with Crippen LogP contribution in [-0.2, 0) is 11.3 Å². The van der Waals surface area contributed by atoms with E-state index in [4.69, 9.17) is 0 Å². The number of hydrogen-bond donors (Lipinski definition) is 1. The fourth-order valence-corrected chi connectivity index (χ4v) is 4.48. The number of piperidine rings is 1. The first-order valence-electron chi connectivity index (χ1n) is 9.37. The van der Waals surface area contributed by atoms with Crippen LogP contribution in [0.3, 0.4) is 0 Å². The van der Waals surface area contributed by atoms with Gasteiger partial charge in [0.15, 0.2) is 0 Å². The predicted octanol–water partition coefficient (Wildman–Crippen LogP) is 3.29. The molecule has 5 heteroatoms. The highest BCUT2D eigenvalue weighted by Gasteiger charge is 2.47. The summed E-state index contributed by atoms with van der Waals surface area (Å²) in [6.07, 6.45) is 3.75. The van der Waals surface area contributed by atoms with Crippen molar-refractivity contribution in [2.75, 3.05) is 26.2 Å². The lowest BCUT2D eigenvalue weighted by Crippen LogP contribution is -2.41. The number of halogens is 1. The monoisotopic (exact) mass is 348 g/mol. The van der Waals surface area contributed by atoms with Crippen molar-refractivity contribution in [1.29, 1.82) is 0 Å². The first-order chi connectivity index (χ1) is 11.9. The summed E-state index contributed by atoms with van der Waals surface area (Å²) in [6, 6.07) is 5.10. The van der Waals surface area contributed by atoms with Gasteiger partial charge in [-0.05, 0) is 69.3 Å². The second-order valence-corrected chi connectivity index (χ2v) is 7.90. The Morgan fingerprint density at radius 1 is 1.36 bits per heavy atom. The van der Waals surface area contributed by atoms with E-state index in [1.807, 2.05) is 19.1 Å². The first-order valence-corrected chi connectivity index (χ1v) is 9.37. The topological polar surface area (TPSA) is 43.8 Å². The van der Waals surface area contributed by atoms with Crippen molar-refractivity contribution < 1.29 is 14.3 Å². The highest BCUT2D eigenvalue weighted by molar-refractivity contribution is 5.74. The fraction of sp³-hybridized carbons (Fsp3) is 0.650. The Bertz CT molecular complexity index is 626. The molecule has 1 unspecified atom stereocenters. The number of rotatable bonds is 5. The van der Waals surface area contributed by atoms with Crippen molar-refractivity contribution >= 4 is 5.97 Å². The van der Waals surface area contributed by atoms with Crippen LogP contribution in [0.15, 0.2) is 18.2 Å². The van der Waals surface area contributed by atoms with Crippen LogP contribution in [0.1, 0.15) is 43.7 Å². The summed E-state index contributed by atoms with van der Waals surface area (Å²) in [5.74, 6) is -0.810. The van der Waals surface area contributed by atoms with Gasteiger partial charge in [-0.1, -0.05) is 19.1 Å². The van der Waals surface area contributed by atoms with Crippen LogP contribution >= 0.6 is 0 Å². The Balaban J connectivity index is 1.60. The Hall–Kier alpha value is -1.46. The first kappa shape index (κ1) is 18.3. The number of aliphatic carboxylic acids is 1. The summed E-state index contributed by atoms with van der Waals surface area (Å²) >= 11 is 0. The molecule has 1 aromatic carbocycles. The Kier molecular flexibility index (Phi) is 5.44. The van der Waals surface area contributed by atoms with E-state index >= 15 is 0 Å². The second-order valence-electron chi connectivity index (χ2n) is 7.90. The molecule has 2 saturated heterocycles. The average molecular weight is 348 g/mol. The minimum absolute atomic E-state index is 0.124.